The molecule has 3 aromatic rings. The van der Waals surface area contributed by atoms with E-state index < -0.39 is 17.6 Å². The SMILES string of the molecule is O=C(NC1=CC=C(CN2CCCC2)CN1)c1cnc2ccc(-c3ccccc3C(F)(F)F)nn12. The normalized spacial score (nSPS) is 16.8. The number of rotatable bonds is 5. The van der Waals surface area contributed by atoms with Gasteiger partial charge < -0.3 is 10.6 Å². The van der Waals surface area contributed by atoms with Gasteiger partial charge in [-0.25, -0.2) is 9.50 Å². The zero-order valence-corrected chi connectivity index (χ0v) is 18.3. The summed E-state index contributed by atoms with van der Waals surface area (Å²) in [6, 6.07) is 8.22. The number of imidazole rings is 1. The number of likely N-dealkylation sites (tertiary alicyclic amines) is 1. The second-order valence-corrected chi connectivity index (χ2v) is 8.37. The molecule has 0 spiro atoms. The maximum absolute atomic E-state index is 13.5. The lowest BCUT2D eigenvalue weighted by Gasteiger charge is -2.21. The molecule has 0 saturated carbocycles. The second-order valence-electron chi connectivity index (χ2n) is 8.37. The summed E-state index contributed by atoms with van der Waals surface area (Å²) < 4.78 is 41.7. The van der Waals surface area contributed by atoms with Crippen molar-refractivity contribution in [2.24, 2.45) is 0 Å². The Balaban J connectivity index is 1.37. The predicted molar refractivity (Wildman–Crippen MR) is 121 cm³/mol. The monoisotopic (exact) mass is 468 g/mol. The number of nitrogens with one attached hydrogen (secondary N) is 2. The van der Waals surface area contributed by atoms with Gasteiger partial charge in [-0.2, -0.15) is 18.3 Å². The van der Waals surface area contributed by atoms with Gasteiger partial charge in [0.1, 0.15) is 5.82 Å². The number of amides is 1. The van der Waals surface area contributed by atoms with Crippen molar-refractivity contribution < 1.29 is 18.0 Å². The highest BCUT2D eigenvalue weighted by Crippen LogP contribution is 2.36. The molecular weight excluding hydrogens is 445 g/mol. The maximum atomic E-state index is 13.5. The molecule has 1 aromatic carbocycles. The van der Waals surface area contributed by atoms with Crippen molar-refractivity contribution >= 4 is 11.6 Å². The molecule has 4 heterocycles. The third-order valence-corrected chi connectivity index (χ3v) is 5.97. The average Bonchev–Trinajstić information content (AvgIpc) is 3.49. The van der Waals surface area contributed by atoms with Crippen LogP contribution in [-0.4, -0.2) is 51.6 Å². The van der Waals surface area contributed by atoms with E-state index in [9.17, 15) is 18.0 Å². The van der Waals surface area contributed by atoms with E-state index in [1.54, 1.807) is 0 Å². The van der Waals surface area contributed by atoms with Crippen LogP contribution in [0.4, 0.5) is 13.2 Å². The number of carbonyl (C=O) groups excluding carboxylic acids is 1. The van der Waals surface area contributed by atoms with Crippen LogP contribution in [0.15, 0.2) is 66.1 Å². The first-order valence-corrected chi connectivity index (χ1v) is 11.1. The third-order valence-electron chi connectivity index (χ3n) is 5.97. The van der Waals surface area contributed by atoms with Crippen LogP contribution in [-0.2, 0) is 6.18 Å². The first-order valence-electron chi connectivity index (χ1n) is 11.1. The van der Waals surface area contributed by atoms with Crippen molar-refractivity contribution in [2.45, 2.75) is 19.0 Å². The van der Waals surface area contributed by atoms with E-state index in [1.807, 2.05) is 12.2 Å². The Labute approximate surface area is 194 Å². The van der Waals surface area contributed by atoms with Gasteiger partial charge in [0, 0.05) is 18.7 Å². The summed E-state index contributed by atoms with van der Waals surface area (Å²) >= 11 is 0. The van der Waals surface area contributed by atoms with Gasteiger partial charge in [-0.3, -0.25) is 9.69 Å². The molecule has 2 aliphatic rings. The molecule has 2 aliphatic heterocycles. The minimum absolute atomic E-state index is 0.0655. The number of benzene rings is 1. The number of carbonyl (C=O) groups is 1. The van der Waals surface area contributed by atoms with Gasteiger partial charge in [-0.15, -0.1) is 0 Å². The summed E-state index contributed by atoms with van der Waals surface area (Å²) in [4.78, 5) is 19.5. The van der Waals surface area contributed by atoms with Crippen LogP contribution in [0.1, 0.15) is 28.9 Å². The number of halogens is 3. The molecule has 0 aliphatic carbocycles. The fourth-order valence-corrected chi connectivity index (χ4v) is 4.26. The first-order chi connectivity index (χ1) is 16.4. The Morgan fingerprint density at radius 3 is 2.62 bits per heavy atom. The largest absolute Gasteiger partial charge is 0.417 e. The molecule has 1 saturated heterocycles. The van der Waals surface area contributed by atoms with Crippen LogP contribution < -0.4 is 10.6 Å². The van der Waals surface area contributed by atoms with E-state index in [2.05, 4.69) is 25.6 Å². The lowest BCUT2D eigenvalue weighted by molar-refractivity contribution is -0.137. The molecule has 5 rings (SSSR count). The summed E-state index contributed by atoms with van der Waals surface area (Å²) in [5.74, 6) is 0.0834. The molecule has 0 radical (unpaired) electrons. The summed E-state index contributed by atoms with van der Waals surface area (Å²) in [7, 11) is 0. The molecule has 0 atom stereocenters. The summed E-state index contributed by atoms with van der Waals surface area (Å²) in [6.45, 7) is 3.76. The van der Waals surface area contributed by atoms with Crippen molar-refractivity contribution in [1.29, 1.82) is 0 Å². The molecule has 1 amide bonds. The fourth-order valence-electron chi connectivity index (χ4n) is 4.26. The molecule has 2 aromatic heterocycles. The second kappa shape index (κ2) is 8.94. The van der Waals surface area contributed by atoms with Crippen molar-refractivity contribution in [1.82, 2.24) is 30.1 Å². The highest BCUT2D eigenvalue weighted by atomic mass is 19.4. The van der Waals surface area contributed by atoms with E-state index >= 15 is 0 Å². The number of aromatic nitrogens is 3. The standard InChI is InChI=1S/C24H23F3N6O/c25-24(26,27)18-6-2-1-5-17(18)19-8-10-22-29-14-20(33(22)31-19)23(34)30-21-9-7-16(13-28-21)15-32-11-3-4-12-32/h1-2,5-10,14,28H,3-4,11-13,15H2,(H,30,34). The molecule has 34 heavy (non-hydrogen) atoms. The number of dihydropyridines is 1. The van der Waals surface area contributed by atoms with Crippen molar-refractivity contribution in [3.05, 3.63) is 77.4 Å². The van der Waals surface area contributed by atoms with Crippen LogP contribution >= 0.6 is 0 Å². The fraction of sp³-hybridized carbons (Fsp3) is 0.292. The van der Waals surface area contributed by atoms with Gasteiger partial charge in [-0.1, -0.05) is 24.3 Å². The van der Waals surface area contributed by atoms with Crippen LogP contribution in [0.25, 0.3) is 16.9 Å². The molecule has 10 heteroatoms. The molecule has 1 fully saturated rings. The summed E-state index contributed by atoms with van der Waals surface area (Å²) in [5.41, 5.74) is 0.958. The predicted octanol–water partition coefficient (Wildman–Crippen LogP) is 3.61. The van der Waals surface area contributed by atoms with Gasteiger partial charge in [0.05, 0.1) is 17.5 Å². The topological polar surface area (TPSA) is 74.6 Å². The Bertz CT molecular complexity index is 1290. The van der Waals surface area contributed by atoms with Gasteiger partial charge in [-0.05, 0) is 55.8 Å². The number of hydrogen-bond donors (Lipinski definition) is 2. The summed E-state index contributed by atoms with van der Waals surface area (Å²) in [6.07, 6.45) is 3.11. The third kappa shape index (κ3) is 4.54. The highest BCUT2D eigenvalue weighted by molar-refractivity contribution is 5.94. The van der Waals surface area contributed by atoms with Gasteiger partial charge in [0.25, 0.3) is 5.91 Å². The first kappa shape index (κ1) is 22.1. The lowest BCUT2D eigenvalue weighted by Crippen LogP contribution is -2.36. The molecule has 0 unspecified atom stereocenters. The van der Waals surface area contributed by atoms with E-state index in [0.29, 0.717) is 18.0 Å². The van der Waals surface area contributed by atoms with Gasteiger partial charge in [0.2, 0.25) is 0 Å². The van der Waals surface area contributed by atoms with Crippen molar-refractivity contribution in [3.63, 3.8) is 0 Å². The number of nitrogens with zero attached hydrogens (tertiary/aromatic N) is 4. The quantitative estimate of drug-likeness (QED) is 0.599. The van der Waals surface area contributed by atoms with E-state index in [1.165, 1.54) is 59.5 Å². The number of allylic oxidation sites excluding steroid dienone is 2. The van der Waals surface area contributed by atoms with Crippen molar-refractivity contribution in [3.8, 4) is 11.3 Å². The van der Waals surface area contributed by atoms with Crippen LogP contribution in [0.3, 0.4) is 0 Å². The minimum Gasteiger partial charge on any atom is -0.368 e. The van der Waals surface area contributed by atoms with Crippen LogP contribution in [0.5, 0.6) is 0 Å². The molecule has 7 nitrogen and oxygen atoms in total. The smallest absolute Gasteiger partial charge is 0.368 e. The number of alkyl halides is 3. The molecular formula is C24H23F3N6O. The molecule has 0 bridgehead atoms. The van der Waals surface area contributed by atoms with E-state index in [-0.39, 0.29) is 17.0 Å². The summed E-state index contributed by atoms with van der Waals surface area (Å²) in [5, 5.41) is 10.3. The average molecular weight is 468 g/mol. The molecule has 2 N–H and O–H groups in total. The van der Waals surface area contributed by atoms with Crippen molar-refractivity contribution in [2.75, 3.05) is 26.2 Å². The number of fused-ring (bicyclic) bond motifs is 1. The van der Waals surface area contributed by atoms with Crippen LogP contribution in [0, 0.1) is 0 Å². The zero-order valence-electron chi connectivity index (χ0n) is 18.3. The van der Waals surface area contributed by atoms with Gasteiger partial charge in [0.15, 0.2) is 11.3 Å². The molecule has 176 valence electrons. The Morgan fingerprint density at radius 1 is 1.09 bits per heavy atom. The highest BCUT2D eigenvalue weighted by Gasteiger charge is 2.33. The Morgan fingerprint density at radius 2 is 1.88 bits per heavy atom. The van der Waals surface area contributed by atoms with E-state index in [0.717, 1.165) is 25.7 Å². The minimum atomic E-state index is -4.53. The lowest BCUT2D eigenvalue weighted by atomic mass is 10.0. The Kier molecular flexibility index (Phi) is 5.82. The van der Waals surface area contributed by atoms with Crippen LogP contribution in [0.2, 0.25) is 0 Å². The Hall–Kier alpha value is -3.66. The van der Waals surface area contributed by atoms with E-state index in [4.69, 9.17) is 0 Å². The zero-order chi connectivity index (χ0) is 23.7. The maximum Gasteiger partial charge on any atom is 0.417 e. The number of hydrogen-bond acceptors (Lipinski definition) is 5. The van der Waals surface area contributed by atoms with Gasteiger partial charge >= 0.3 is 6.18 Å².